The fraction of sp³-hybridized carbons (Fsp3) is 0. The minimum absolute atomic E-state index is 0.117. The molecule has 0 heterocycles. The molecule has 0 radical (unpaired) electrons. The fourth-order valence-electron chi connectivity index (χ4n) is 6.42. The van der Waals surface area contributed by atoms with Crippen LogP contribution in [0.4, 0.5) is 0 Å². The summed E-state index contributed by atoms with van der Waals surface area (Å²) in [5.74, 6) is 0. The van der Waals surface area contributed by atoms with E-state index in [1.165, 1.54) is 0 Å². The van der Waals surface area contributed by atoms with Crippen molar-refractivity contribution < 1.29 is 38.4 Å². The van der Waals surface area contributed by atoms with E-state index >= 15 is 0 Å². The fourth-order valence-corrected chi connectivity index (χ4v) is 6.42. The van der Waals surface area contributed by atoms with Crippen molar-refractivity contribution in [3.05, 3.63) is 181 Å². The lowest BCUT2D eigenvalue weighted by Gasteiger charge is -2.15. The molecular weight excluding hydrogens is 601 g/mol. The highest BCUT2D eigenvalue weighted by atomic mass is 14.2. The molecule has 0 saturated carbocycles. The van der Waals surface area contributed by atoms with Crippen LogP contribution in [-0.2, 0) is 0 Å². The van der Waals surface area contributed by atoms with Crippen molar-refractivity contribution in [3.63, 3.8) is 0 Å². The van der Waals surface area contributed by atoms with Gasteiger partial charge in [-0.2, -0.15) is 0 Å². The molecule has 11 rings (SSSR count). The van der Waals surface area contributed by atoms with Crippen LogP contribution < -0.4 is 0 Å². The minimum atomic E-state index is -1.08. The van der Waals surface area contributed by atoms with Crippen molar-refractivity contribution in [2.24, 2.45) is 0 Å². The van der Waals surface area contributed by atoms with E-state index in [1.807, 2.05) is 0 Å². The van der Waals surface area contributed by atoms with Crippen molar-refractivity contribution in [1.82, 2.24) is 0 Å². The zero-order valence-corrected chi connectivity index (χ0v) is 25.2. The van der Waals surface area contributed by atoms with Crippen LogP contribution in [0.5, 0.6) is 0 Å². The number of hydrogen-bond acceptors (Lipinski definition) is 0. The Labute approximate surface area is 329 Å². The maximum atomic E-state index is 9.73. The molecule has 0 spiro atoms. The predicted molar refractivity (Wildman–Crippen MR) is 216 cm³/mol. The summed E-state index contributed by atoms with van der Waals surface area (Å²) in [5, 5.41) is -3.26. The van der Waals surface area contributed by atoms with Crippen LogP contribution in [0.25, 0.3) is 109 Å². The highest BCUT2D eigenvalue weighted by Crippen LogP contribution is 2.42. The van der Waals surface area contributed by atoms with Crippen LogP contribution in [0, 0.1) is 0 Å². The van der Waals surface area contributed by atoms with E-state index < -0.39 is 224 Å². The molecule has 230 valence electrons. The maximum absolute atomic E-state index is 9.73. The van der Waals surface area contributed by atoms with E-state index in [4.69, 9.17) is 19.2 Å². The Kier molecular flexibility index (Phi) is 2.48. The van der Waals surface area contributed by atoms with Crippen molar-refractivity contribution in [1.29, 1.82) is 0 Å². The second-order valence-corrected chi connectivity index (χ2v) is 11.4. The predicted octanol–water partition coefficient (Wildman–Crippen LogP) is 14.1. The molecule has 0 N–H and O–H groups in total. The van der Waals surface area contributed by atoms with E-state index in [1.54, 1.807) is 0 Å². The van der Waals surface area contributed by atoms with E-state index in [0.29, 0.717) is 0 Å². The van der Waals surface area contributed by atoms with Gasteiger partial charge in [0.05, 0.1) is 38.4 Å². The third kappa shape index (κ3) is 4.06. The van der Waals surface area contributed by atoms with E-state index in [0.717, 1.165) is 12.1 Å². The average molecular weight is 659 g/mol. The summed E-state index contributed by atoms with van der Waals surface area (Å²) in [5.41, 5.74) is -6.21. The zero-order valence-electron chi connectivity index (χ0n) is 53.2. The summed E-state index contributed by atoms with van der Waals surface area (Å²) in [6.07, 6.45) is 0. The Bertz CT molecular complexity index is 4670. The second-order valence-electron chi connectivity index (χ2n) is 11.4. The molecule has 0 fully saturated rings. The molecule has 0 nitrogen and oxygen atoms in total. The third-order valence-corrected chi connectivity index (χ3v) is 8.65. The first-order valence-corrected chi connectivity index (χ1v) is 15.2. The molecule has 0 bridgehead atoms. The first-order chi connectivity index (χ1) is 36.5. The Morgan fingerprint density at radius 3 is 1.28 bits per heavy atom. The summed E-state index contributed by atoms with van der Waals surface area (Å²) in [6.45, 7) is 0. The number of rotatable bonds is 4. The third-order valence-electron chi connectivity index (χ3n) is 8.65. The Hall–Kier alpha value is -6.50. The Balaban J connectivity index is 1.25. The zero-order chi connectivity index (χ0) is 57.1. The van der Waals surface area contributed by atoms with Crippen LogP contribution in [0.3, 0.4) is 0 Å². The summed E-state index contributed by atoms with van der Waals surface area (Å²) in [4.78, 5) is 0. The van der Waals surface area contributed by atoms with Crippen molar-refractivity contribution in [2.75, 3.05) is 0 Å². The van der Waals surface area contributed by atoms with Gasteiger partial charge in [-0.05, 0) is 127 Å². The molecule has 0 aliphatic rings. The molecule has 0 aliphatic heterocycles. The van der Waals surface area contributed by atoms with Crippen molar-refractivity contribution >= 4 is 64.6 Å². The molecule has 11 aromatic rings. The van der Waals surface area contributed by atoms with Crippen LogP contribution in [0.15, 0.2) is 181 Å². The lowest BCUT2D eigenvalue weighted by atomic mass is 9.88. The molecular formula is C50H30. The summed E-state index contributed by atoms with van der Waals surface area (Å²) >= 11 is 0. The second kappa shape index (κ2) is 10.5. The van der Waals surface area contributed by atoms with Gasteiger partial charge in [-0.1, -0.05) is 163 Å². The SMILES string of the molecule is [2H]c1cc2c([2H])c([2H])c3c(-c4c([2H])c([2H])c([2H])c(-c5c([2H])c([2H])c([2H])c(-c6c([2H])c([2H])c([2H])c(-c7c([2H])cc8c([2H])c([2H])c9c([2H])c([2H])c([2H])c%10c([2H])c([2H])c7c8c9%10)c6[2H])c5[2H])c4[2H])c([2H])c([2H])c4c([2H])c([2H])c(c1[2H])c2c43. The van der Waals surface area contributed by atoms with E-state index in [-0.39, 0.29) is 53.9 Å². The first-order valence-electron chi connectivity index (χ1n) is 29.2. The van der Waals surface area contributed by atoms with Gasteiger partial charge in [0.2, 0.25) is 0 Å². The van der Waals surface area contributed by atoms with Gasteiger partial charge >= 0.3 is 0 Å². The average Bonchev–Trinajstić information content (AvgIpc) is 3.25. The van der Waals surface area contributed by atoms with Crippen LogP contribution in [0.2, 0.25) is 0 Å². The smallest absolute Gasteiger partial charge is 0.0610 e. The standard InChI is InChI=1S/C50H30/c1-6-31-16-18-35-20-24-43(45-26-22-33(8-1)47(31)49(35)45)41-14-4-12-39(29-41)37-10-3-11-38(28-37)40-13-5-15-42(30-40)44-25-21-36-19-17-32-7-2-9-34-23-27-46(44)50(36)48(32)34/h1-30H/i1D,2D,3D,4D,5D,6D,7D,8D,10D,11D,12D,13D,14D,15D,16D,17D,18D,19D,21D,22D,23D,24D,25D,26D,27D,28D,29D,30D. The van der Waals surface area contributed by atoms with Gasteiger partial charge in [-0.3, -0.25) is 0 Å². The maximum Gasteiger partial charge on any atom is 0.0636 e. The van der Waals surface area contributed by atoms with Gasteiger partial charge in [-0.15, -0.1) is 0 Å². The minimum Gasteiger partial charge on any atom is -0.0610 e. The van der Waals surface area contributed by atoms with Gasteiger partial charge in [0.15, 0.2) is 0 Å². The van der Waals surface area contributed by atoms with Crippen LogP contribution in [0.1, 0.15) is 38.4 Å². The first kappa shape index (κ1) is 11.8. The van der Waals surface area contributed by atoms with E-state index in [2.05, 4.69) is 0 Å². The van der Waals surface area contributed by atoms with Crippen molar-refractivity contribution in [3.8, 4) is 44.5 Å². The highest BCUT2D eigenvalue weighted by Gasteiger charge is 2.15. The molecule has 50 heavy (non-hydrogen) atoms. The van der Waals surface area contributed by atoms with Crippen molar-refractivity contribution in [2.45, 2.75) is 0 Å². The van der Waals surface area contributed by atoms with Gasteiger partial charge in [-0.25, -0.2) is 0 Å². The molecule has 0 heteroatoms. The molecule has 11 aromatic carbocycles. The number of benzene rings is 11. The quantitative estimate of drug-likeness (QED) is 0.165. The van der Waals surface area contributed by atoms with Crippen LogP contribution in [-0.4, -0.2) is 0 Å². The van der Waals surface area contributed by atoms with Gasteiger partial charge in [0.25, 0.3) is 0 Å². The molecule has 0 unspecified atom stereocenters. The Morgan fingerprint density at radius 2 is 0.640 bits per heavy atom. The summed E-state index contributed by atoms with van der Waals surface area (Å²) < 4.78 is 254. The number of hydrogen-bond donors (Lipinski definition) is 0. The molecule has 0 aromatic heterocycles. The highest BCUT2D eigenvalue weighted by molar-refractivity contribution is 6.26. The van der Waals surface area contributed by atoms with Gasteiger partial charge in [0, 0.05) is 0 Å². The molecule has 0 amide bonds. The van der Waals surface area contributed by atoms with Crippen LogP contribution >= 0.6 is 0 Å². The topological polar surface area (TPSA) is 0 Å². The normalized spacial score (nSPS) is 19.8. The Morgan fingerprint density at radius 1 is 0.260 bits per heavy atom. The molecule has 0 aliphatic carbocycles. The van der Waals surface area contributed by atoms with Gasteiger partial charge < -0.3 is 0 Å². The summed E-state index contributed by atoms with van der Waals surface area (Å²) in [7, 11) is 0. The monoisotopic (exact) mass is 658 g/mol. The lowest BCUT2D eigenvalue weighted by molar-refractivity contribution is 1.58. The lowest BCUT2D eigenvalue weighted by Crippen LogP contribution is -1.88. The largest absolute Gasteiger partial charge is 0.0636 e. The van der Waals surface area contributed by atoms with E-state index in [9.17, 15) is 19.2 Å². The summed E-state index contributed by atoms with van der Waals surface area (Å²) in [6, 6.07) is -20.8. The molecule has 0 atom stereocenters. The van der Waals surface area contributed by atoms with Gasteiger partial charge in [0.1, 0.15) is 0 Å². The molecule has 0 saturated heterocycles.